The van der Waals surface area contributed by atoms with Crippen molar-refractivity contribution in [2.75, 3.05) is 7.11 Å². The van der Waals surface area contributed by atoms with Crippen molar-refractivity contribution in [1.82, 2.24) is 0 Å². The number of hydrogen-bond acceptors (Lipinski definition) is 6. The molecule has 0 saturated carbocycles. The molecule has 0 rings (SSSR count). The van der Waals surface area contributed by atoms with Crippen LogP contribution in [0.25, 0.3) is 0 Å². The number of rotatable bonds is 2. The van der Waals surface area contributed by atoms with Gasteiger partial charge in [-0.1, -0.05) is 0 Å². The quantitative estimate of drug-likeness (QED) is 0.371. The fraction of sp³-hybridized carbons (Fsp3) is 0.143. The maximum atomic E-state index is 8.87. The molecule has 0 aliphatic rings. The van der Waals surface area contributed by atoms with Crippen LogP contribution in [-0.2, 0) is 4.74 Å². The Bertz CT molecular complexity index is 359. The first kappa shape index (κ1) is 10.5. The molecule has 0 radical (unpaired) electrons. The van der Waals surface area contributed by atoms with Gasteiger partial charge >= 0.3 is 5.95 Å². The van der Waals surface area contributed by atoms with Gasteiger partial charge in [-0.3, -0.25) is 0 Å². The van der Waals surface area contributed by atoms with Crippen LogP contribution in [0.2, 0.25) is 0 Å². The summed E-state index contributed by atoms with van der Waals surface area (Å²) in [5, 5.41) is 33.8. The first-order valence-corrected chi connectivity index (χ1v) is 2.95. The zero-order chi connectivity index (χ0) is 10.3. The van der Waals surface area contributed by atoms with Gasteiger partial charge in [0.15, 0.2) is 0 Å². The molecule has 0 aromatic heterocycles. The van der Waals surface area contributed by atoms with Gasteiger partial charge < -0.3 is 9.84 Å². The van der Waals surface area contributed by atoms with Crippen molar-refractivity contribution < 1.29 is 9.84 Å². The molecule has 1 N–H and O–H groups in total. The molecule has 0 aliphatic heterocycles. The van der Waals surface area contributed by atoms with Crippen molar-refractivity contribution in [3.05, 3.63) is 11.6 Å². The third kappa shape index (κ3) is 2.92. The number of methoxy groups -OCH3 is 1. The Balaban J connectivity index is 5.13. The molecule has 0 atom stereocenters. The molecule has 0 aliphatic carbocycles. The Morgan fingerprint density at radius 1 is 1.23 bits per heavy atom. The highest BCUT2D eigenvalue weighted by atomic mass is 16.6. The highest BCUT2D eigenvalue weighted by molar-refractivity contribution is 6.10. The molecule has 0 unspecified atom stereocenters. The van der Waals surface area contributed by atoms with E-state index in [1.807, 2.05) is 0 Å². The number of aliphatic imine (C=N–C) groups is 1. The van der Waals surface area contributed by atoms with Crippen LogP contribution in [0, 0.1) is 34.0 Å². The lowest BCUT2D eigenvalue weighted by Gasteiger charge is -1.95. The van der Waals surface area contributed by atoms with Gasteiger partial charge in [-0.2, -0.15) is 15.8 Å². The summed E-state index contributed by atoms with van der Waals surface area (Å²) in [6, 6.07) is 4.33. The Kier molecular flexibility index (Phi) is 4.17. The average Bonchev–Trinajstić information content (AvgIpc) is 2.19. The fourth-order valence-corrected chi connectivity index (χ4v) is 0.404. The molecule has 0 aromatic carbocycles. The van der Waals surface area contributed by atoms with Gasteiger partial charge in [0.1, 0.15) is 18.2 Å². The van der Waals surface area contributed by atoms with E-state index >= 15 is 0 Å². The molecule has 64 valence electrons. The second-order valence-corrected chi connectivity index (χ2v) is 1.65. The second-order valence-electron chi connectivity index (χ2n) is 1.65. The van der Waals surface area contributed by atoms with E-state index in [0.29, 0.717) is 0 Å². The van der Waals surface area contributed by atoms with Gasteiger partial charge in [-0.25, -0.2) is 4.99 Å². The molecule has 0 aromatic rings. The van der Waals surface area contributed by atoms with E-state index in [0.717, 1.165) is 7.11 Å². The molecule has 0 amide bonds. The third-order valence-electron chi connectivity index (χ3n) is 0.937. The molecule has 6 nitrogen and oxygen atoms in total. The summed E-state index contributed by atoms with van der Waals surface area (Å²) in [7, 11) is 1.13. The van der Waals surface area contributed by atoms with Crippen molar-refractivity contribution in [3.8, 4) is 18.2 Å². The van der Waals surface area contributed by atoms with Crippen LogP contribution in [-0.4, -0.2) is 17.9 Å². The summed E-state index contributed by atoms with van der Waals surface area (Å²) in [5.41, 5.74) is -1.04. The largest absolute Gasteiger partial charge is 0.479 e. The van der Waals surface area contributed by atoms with E-state index in [9.17, 15) is 0 Å². The molecule has 6 heteroatoms. The summed E-state index contributed by atoms with van der Waals surface area (Å²) >= 11 is 0. The van der Waals surface area contributed by atoms with Gasteiger partial charge in [0.2, 0.25) is 11.4 Å². The molecular weight excluding hydrogens is 172 g/mol. The average molecular weight is 176 g/mol. The minimum atomic E-state index is -0.731. The summed E-state index contributed by atoms with van der Waals surface area (Å²) in [6.07, 6.45) is 0. The first-order chi connectivity index (χ1) is 6.19. The summed E-state index contributed by atoms with van der Waals surface area (Å²) in [6.45, 7) is 0. The van der Waals surface area contributed by atoms with Crippen LogP contribution in [0.15, 0.2) is 16.6 Å². The number of aliphatic hydroxyl groups excluding tert-OH is 1. The minimum absolute atomic E-state index is 0.513. The number of nitriles is 3. The number of aliphatic hydroxyl groups is 1. The van der Waals surface area contributed by atoms with E-state index in [4.69, 9.17) is 20.9 Å². The SMILES string of the molecule is COC(O)=C(C#N)N=C(C#N)C#N. The molecule has 0 saturated heterocycles. The van der Waals surface area contributed by atoms with Crippen molar-refractivity contribution in [1.29, 1.82) is 15.8 Å². The third-order valence-corrected chi connectivity index (χ3v) is 0.937. The van der Waals surface area contributed by atoms with Crippen molar-refractivity contribution in [3.63, 3.8) is 0 Å². The van der Waals surface area contributed by atoms with Crippen LogP contribution < -0.4 is 0 Å². The highest BCUT2D eigenvalue weighted by Gasteiger charge is 2.05. The maximum absolute atomic E-state index is 8.87. The predicted molar refractivity (Wildman–Crippen MR) is 40.9 cm³/mol. The Hall–Kier alpha value is -2.52. The van der Waals surface area contributed by atoms with E-state index in [1.54, 1.807) is 0 Å². The summed E-state index contributed by atoms with van der Waals surface area (Å²) in [4.78, 5) is 3.24. The van der Waals surface area contributed by atoms with Crippen molar-refractivity contribution >= 4 is 5.71 Å². The number of nitrogens with zero attached hydrogens (tertiary/aromatic N) is 4. The van der Waals surface area contributed by atoms with Crippen molar-refractivity contribution in [2.24, 2.45) is 4.99 Å². The van der Waals surface area contributed by atoms with Crippen LogP contribution in [0.4, 0.5) is 0 Å². The van der Waals surface area contributed by atoms with Crippen LogP contribution in [0.1, 0.15) is 0 Å². The topological polar surface area (TPSA) is 113 Å². The van der Waals surface area contributed by atoms with Gasteiger partial charge in [0, 0.05) is 0 Å². The predicted octanol–water partition coefficient (Wildman–Crippen LogP) is 0.372. The standard InChI is InChI=1S/C7H4N4O2/c1-13-7(12)6(4-10)11-5(2-8)3-9/h12H,1H3. The Morgan fingerprint density at radius 2 is 1.77 bits per heavy atom. The molecule has 13 heavy (non-hydrogen) atoms. The highest BCUT2D eigenvalue weighted by Crippen LogP contribution is 2.02. The van der Waals surface area contributed by atoms with Crippen LogP contribution in [0.3, 0.4) is 0 Å². The molecule has 0 heterocycles. The normalized spacial score (nSPS) is 9.69. The molecule has 0 bridgehead atoms. The Labute approximate surface area is 74.2 Å². The number of hydrogen-bond donors (Lipinski definition) is 1. The number of allylic oxidation sites excluding steroid dienone is 1. The van der Waals surface area contributed by atoms with Crippen molar-refractivity contribution in [2.45, 2.75) is 0 Å². The van der Waals surface area contributed by atoms with Gasteiger partial charge in [-0.15, -0.1) is 0 Å². The lowest BCUT2D eigenvalue weighted by atomic mass is 10.4. The first-order valence-electron chi connectivity index (χ1n) is 2.95. The number of ether oxygens (including phenoxy) is 1. The lowest BCUT2D eigenvalue weighted by molar-refractivity contribution is 0.132. The van der Waals surface area contributed by atoms with E-state index in [2.05, 4.69) is 9.73 Å². The lowest BCUT2D eigenvalue weighted by Crippen LogP contribution is -1.94. The molecule has 0 spiro atoms. The smallest absolute Gasteiger partial charge is 0.314 e. The second kappa shape index (κ2) is 5.17. The van der Waals surface area contributed by atoms with Gasteiger partial charge in [0.05, 0.1) is 7.11 Å². The maximum Gasteiger partial charge on any atom is 0.314 e. The summed E-state index contributed by atoms with van der Waals surface area (Å²) in [5.74, 6) is -0.731. The molecule has 0 fully saturated rings. The zero-order valence-corrected chi connectivity index (χ0v) is 6.64. The van der Waals surface area contributed by atoms with Crippen LogP contribution >= 0.6 is 0 Å². The minimum Gasteiger partial charge on any atom is -0.479 e. The van der Waals surface area contributed by atoms with Crippen LogP contribution in [0.5, 0.6) is 0 Å². The Morgan fingerprint density at radius 3 is 2.08 bits per heavy atom. The van der Waals surface area contributed by atoms with E-state index in [-0.39, 0.29) is 0 Å². The zero-order valence-electron chi connectivity index (χ0n) is 6.64. The van der Waals surface area contributed by atoms with Gasteiger partial charge in [-0.05, 0) is 0 Å². The van der Waals surface area contributed by atoms with E-state index < -0.39 is 17.4 Å². The monoisotopic (exact) mass is 176 g/mol. The molecular formula is C7H4N4O2. The van der Waals surface area contributed by atoms with E-state index in [1.165, 1.54) is 18.2 Å². The summed E-state index contributed by atoms with van der Waals surface area (Å²) < 4.78 is 4.28. The fourth-order valence-electron chi connectivity index (χ4n) is 0.404. The van der Waals surface area contributed by atoms with Gasteiger partial charge in [0.25, 0.3) is 0 Å².